The van der Waals surface area contributed by atoms with Crippen molar-refractivity contribution in [3.8, 4) is 22.4 Å². The molecular formula is C26H23N5O. The molecule has 32 heavy (non-hydrogen) atoms. The van der Waals surface area contributed by atoms with Gasteiger partial charge in [-0.25, -0.2) is 4.98 Å². The van der Waals surface area contributed by atoms with Gasteiger partial charge in [0.2, 0.25) is 5.91 Å². The molecule has 0 bridgehead atoms. The monoisotopic (exact) mass is 421 g/mol. The summed E-state index contributed by atoms with van der Waals surface area (Å²) in [6, 6.07) is 15.7. The first-order chi connectivity index (χ1) is 15.5. The van der Waals surface area contributed by atoms with Crippen molar-refractivity contribution in [2.24, 2.45) is 0 Å². The van der Waals surface area contributed by atoms with E-state index < -0.39 is 0 Å². The van der Waals surface area contributed by atoms with Crippen molar-refractivity contribution in [2.45, 2.75) is 20.3 Å². The lowest BCUT2D eigenvalue weighted by Crippen LogP contribution is -2.15. The number of aromatic nitrogens is 4. The van der Waals surface area contributed by atoms with E-state index in [0.717, 1.165) is 44.6 Å². The first-order valence-corrected chi connectivity index (χ1v) is 10.2. The highest BCUT2D eigenvalue weighted by atomic mass is 16.1. The molecule has 3 aromatic heterocycles. The lowest BCUT2D eigenvalue weighted by atomic mass is 10.0. The Balaban J connectivity index is 1.42. The van der Waals surface area contributed by atoms with Gasteiger partial charge in [-0.05, 0) is 60.4 Å². The van der Waals surface area contributed by atoms with Crippen LogP contribution in [0.5, 0.6) is 0 Å². The molecule has 4 rings (SSSR count). The summed E-state index contributed by atoms with van der Waals surface area (Å²) in [4.78, 5) is 21.4. The van der Waals surface area contributed by atoms with Gasteiger partial charge in [0.25, 0.3) is 0 Å². The fourth-order valence-corrected chi connectivity index (χ4v) is 3.44. The number of amides is 1. The van der Waals surface area contributed by atoms with Crippen molar-refractivity contribution in [3.05, 3.63) is 96.6 Å². The van der Waals surface area contributed by atoms with Crippen LogP contribution in [0, 0.1) is 6.92 Å². The topological polar surface area (TPSA) is 80.7 Å². The minimum atomic E-state index is -0.144. The molecule has 3 heterocycles. The van der Waals surface area contributed by atoms with Crippen LogP contribution in [0.25, 0.3) is 28.0 Å². The lowest BCUT2D eigenvalue weighted by Gasteiger charge is -2.09. The predicted molar refractivity (Wildman–Crippen MR) is 127 cm³/mol. The maximum atomic E-state index is 12.5. The SMILES string of the molecule is C=C(C)c1cccc(-c2ccc(NC(=O)Cc3cnc(-c4ccnnc4)c(C)c3)nc2)c1. The number of nitrogens with zero attached hydrogens (tertiary/aromatic N) is 4. The summed E-state index contributed by atoms with van der Waals surface area (Å²) >= 11 is 0. The number of rotatable bonds is 6. The molecule has 0 atom stereocenters. The molecule has 0 aliphatic heterocycles. The zero-order valence-corrected chi connectivity index (χ0v) is 18.0. The van der Waals surface area contributed by atoms with Gasteiger partial charge in [-0.3, -0.25) is 9.78 Å². The summed E-state index contributed by atoms with van der Waals surface area (Å²) in [5.74, 6) is 0.369. The highest BCUT2D eigenvalue weighted by molar-refractivity contribution is 5.91. The van der Waals surface area contributed by atoms with Gasteiger partial charge in [0.1, 0.15) is 5.82 Å². The van der Waals surface area contributed by atoms with Crippen LogP contribution in [0.4, 0.5) is 5.82 Å². The summed E-state index contributed by atoms with van der Waals surface area (Å²) in [6.45, 7) is 7.94. The molecule has 0 saturated heterocycles. The number of nitrogens with one attached hydrogen (secondary N) is 1. The Hall–Kier alpha value is -4.19. The van der Waals surface area contributed by atoms with Crippen molar-refractivity contribution >= 4 is 17.3 Å². The second-order valence-electron chi connectivity index (χ2n) is 7.66. The first kappa shape index (κ1) is 21.1. The minimum absolute atomic E-state index is 0.144. The van der Waals surface area contributed by atoms with Gasteiger partial charge >= 0.3 is 0 Å². The maximum absolute atomic E-state index is 12.5. The summed E-state index contributed by atoms with van der Waals surface area (Å²) in [6.07, 6.45) is 7.00. The molecule has 0 fully saturated rings. The van der Waals surface area contributed by atoms with E-state index in [2.05, 4.69) is 38.1 Å². The van der Waals surface area contributed by atoms with Crippen molar-refractivity contribution in [1.29, 1.82) is 0 Å². The Morgan fingerprint density at radius 3 is 2.50 bits per heavy atom. The summed E-state index contributed by atoms with van der Waals surface area (Å²) in [5.41, 5.74) is 7.67. The number of hydrogen-bond donors (Lipinski definition) is 1. The van der Waals surface area contributed by atoms with Crippen LogP contribution in [0.15, 0.2) is 79.9 Å². The van der Waals surface area contributed by atoms with E-state index in [1.807, 2.05) is 56.3 Å². The van der Waals surface area contributed by atoms with E-state index in [9.17, 15) is 4.79 Å². The van der Waals surface area contributed by atoms with Gasteiger partial charge in [0.15, 0.2) is 0 Å². The number of aryl methyl sites for hydroxylation is 1. The molecule has 158 valence electrons. The van der Waals surface area contributed by atoms with Crippen LogP contribution in [0.3, 0.4) is 0 Å². The van der Waals surface area contributed by atoms with Gasteiger partial charge in [-0.1, -0.05) is 36.4 Å². The van der Waals surface area contributed by atoms with E-state index >= 15 is 0 Å². The number of carbonyl (C=O) groups is 1. The molecule has 1 amide bonds. The third kappa shape index (κ3) is 4.92. The number of allylic oxidation sites excluding steroid dienone is 1. The summed E-state index contributed by atoms with van der Waals surface area (Å²) in [7, 11) is 0. The van der Waals surface area contributed by atoms with E-state index in [4.69, 9.17) is 0 Å². The van der Waals surface area contributed by atoms with Crippen molar-refractivity contribution in [3.63, 3.8) is 0 Å². The van der Waals surface area contributed by atoms with Crippen molar-refractivity contribution in [2.75, 3.05) is 5.32 Å². The molecule has 1 aromatic carbocycles. The van der Waals surface area contributed by atoms with Crippen LogP contribution in [-0.2, 0) is 11.2 Å². The maximum Gasteiger partial charge on any atom is 0.230 e. The fraction of sp³-hybridized carbons (Fsp3) is 0.115. The Morgan fingerprint density at radius 2 is 1.81 bits per heavy atom. The number of hydrogen-bond acceptors (Lipinski definition) is 5. The highest BCUT2D eigenvalue weighted by Crippen LogP contribution is 2.24. The van der Waals surface area contributed by atoms with Gasteiger partial charge in [-0.15, -0.1) is 0 Å². The zero-order chi connectivity index (χ0) is 22.5. The van der Waals surface area contributed by atoms with Gasteiger partial charge < -0.3 is 5.32 Å². The Morgan fingerprint density at radius 1 is 0.938 bits per heavy atom. The average molecular weight is 422 g/mol. The fourth-order valence-electron chi connectivity index (χ4n) is 3.44. The van der Waals surface area contributed by atoms with Crippen LogP contribution in [0.2, 0.25) is 0 Å². The first-order valence-electron chi connectivity index (χ1n) is 10.2. The van der Waals surface area contributed by atoms with Gasteiger partial charge in [0.05, 0.1) is 24.5 Å². The molecule has 0 spiro atoms. The Bertz CT molecular complexity index is 1270. The Kier molecular flexibility index (Phi) is 6.12. The van der Waals surface area contributed by atoms with E-state index in [0.29, 0.717) is 5.82 Å². The average Bonchev–Trinajstić information content (AvgIpc) is 2.80. The smallest absolute Gasteiger partial charge is 0.230 e. The number of anilines is 1. The Labute approximate surface area is 187 Å². The predicted octanol–water partition coefficient (Wildman–Crippen LogP) is 5.12. The normalized spacial score (nSPS) is 10.6. The molecular weight excluding hydrogens is 398 g/mol. The molecule has 0 saturated carbocycles. The van der Waals surface area contributed by atoms with Crippen molar-refractivity contribution in [1.82, 2.24) is 20.2 Å². The third-order valence-corrected chi connectivity index (χ3v) is 5.08. The molecule has 6 heteroatoms. The summed E-state index contributed by atoms with van der Waals surface area (Å²) in [5, 5.41) is 10.5. The largest absolute Gasteiger partial charge is 0.310 e. The van der Waals surface area contributed by atoms with Crippen LogP contribution in [0.1, 0.15) is 23.6 Å². The second-order valence-corrected chi connectivity index (χ2v) is 7.66. The highest BCUT2D eigenvalue weighted by Gasteiger charge is 2.10. The van der Waals surface area contributed by atoms with E-state index in [-0.39, 0.29) is 12.3 Å². The number of benzene rings is 1. The molecule has 0 aliphatic rings. The lowest BCUT2D eigenvalue weighted by molar-refractivity contribution is -0.115. The molecule has 6 nitrogen and oxygen atoms in total. The molecule has 0 radical (unpaired) electrons. The molecule has 1 N–H and O–H groups in total. The zero-order valence-electron chi connectivity index (χ0n) is 18.0. The quantitative estimate of drug-likeness (QED) is 0.467. The van der Waals surface area contributed by atoms with Crippen LogP contribution >= 0.6 is 0 Å². The molecule has 4 aromatic rings. The van der Waals surface area contributed by atoms with Gasteiger partial charge in [-0.2, -0.15) is 10.2 Å². The third-order valence-electron chi connectivity index (χ3n) is 5.08. The van der Waals surface area contributed by atoms with Crippen LogP contribution in [-0.4, -0.2) is 26.1 Å². The van der Waals surface area contributed by atoms with E-state index in [1.54, 1.807) is 24.8 Å². The van der Waals surface area contributed by atoms with Crippen molar-refractivity contribution < 1.29 is 4.79 Å². The van der Waals surface area contributed by atoms with Gasteiger partial charge in [0, 0.05) is 23.5 Å². The standard InChI is InChI=1S/C26H23N5O/c1-17(2)20-5-4-6-21(13-20)22-7-8-24(27-15-22)31-25(32)12-19-11-18(3)26(28-14-19)23-9-10-29-30-16-23/h4-11,13-16H,1,12H2,2-3H3,(H,27,31,32). The number of carbonyl (C=O) groups excluding carboxylic acids is 1. The molecule has 0 unspecified atom stereocenters. The van der Waals surface area contributed by atoms with E-state index in [1.165, 1.54) is 0 Å². The minimum Gasteiger partial charge on any atom is -0.310 e. The number of pyridine rings is 2. The summed E-state index contributed by atoms with van der Waals surface area (Å²) < 4.78 is 0. The molecule has 0 aliphatic carbocycles. The van der Waals surface area contributed by atoms with Crippen LogP contribution < -0.4 is 5.32 Å². The second kappa shape index (κ2) is 9.31.